The Labute approximate surface area is 476 Å². The highest BCUT2D eigenvalue weighted by atomic mass is 31.2. The first kappa shape index (κ1) is 75.5. The first-order valence-corrected chi connectivity index (χ1v) is 35.9. The van der Waals surface area contributed by atoms with Crippen LogP contribution in [-0.4, -0.2) is 73.4 Å². The molecule has 0 rings (SSSR count). The molecular weight excluding hydrogens is 960 g/mol. The van der Waals surface area contributed by atoms with Crippen LogP contribution < -0.4 is 5.32 Å². The minimum absolute atomic E-state index is 0.0794. The fourth-order valence-electron chi connectivity index (χ4n) is 11.0. The third kappa shape index (κ3) is 61.1. The zero-order chi connectivity index (χ0) is 55.6. The van der Waals surface area contributed by atoms with E-state index in [1.165, 1.54) is 308 Å². The Kier molecular flexibility index (Phi) is 58.7. The fraction of sp³-hybridized carbons (Fsp3) is 0.985. The van der Waals surface area contributed by atoms with Gasteiger partial charge in [0.15, 0.2) is 0 Å². The Morgan fingerprint density at radius 3 is 0.882 bits per heavy atom. The summed E-state index contributed by atoms with van der Waals surface area (Å²) in [5.74, 6) is -0.134. The molecular formula is C67H138N2O6P+. The number of nitrogens with one attached hydrogen (secondary N) is 1. The summed E-state index contributed by atoms with van der Waals surface area (Å²) in [5.41, 5.74) is 0. The van der Waals surface area contributed by atoms with Crippen molar-refractivity contribution in [3.05, 3.63) is 0 Å². The monoisotopic (exact) mass is 1100 g/mol. The number of unbranched alkanes of at least 4 members (excludes halogenated alkanes) is 52. The first-order valence-electron chi connectivity index (χ1n) is 34.4. The van der Waals surface area contributed by atoms with Crippen LogP contribution in [0.4, 0.5) is 0 Å². The second kappa shape index (κ2) is 59.1. The molecule has 3 unspecified atom stereocenters. The van der Waals surface area contributed by atoms with Gasteiger partial charge in [0.1, 0.15) is 13.2 Å². The second-order valence-corrected chi connectivity index (χ2v) is 26.7. The summed E-state index contributed by atoms with van der Waals surface area (Å²) in [6.45, 7) is 4.96. The molecule has 0 fully saturated rings. The van der Waals surface area contributed by atoms with Crippen LogP contribution in [0.15, 0.2) is 0 Å². The molecule has 0 radical (unpaired) electrons. The summed E-state index contributed by atoms with van der Waals surface area (Å²) < 4.78 is 23.9. The van der Waals surface area contributed by atoms with Gasteiger partial charge in [-0.25, -0.2) is 4.57 Å². The number of aliphatic hydroxyl groups is 1. The molecule has 0 aromatic rings. The number of aliphatic hydroxyl groups excluding tert-OH is 1. The molecule has 0 spiro atoms. The van der Waals surface area contributed by atoms with Crippen molar-refractivity contribution in [2.24, 2.45) is 0 Å². The highest BCUT2D eigenvalue weighted by Gasteiger charge is 2.28. The standard InChI is InChI=1S/C67H137N2O6P/c1-6-8-10-12-14-16-18-20-22-24-26-28-29-30-31-32-33-34-35-36-37-38-39-40-41-43-45-47-49-51-53-55-57-59-61-67(71)68-65(64-75-76(72,73)74-63-62-69(3,4)5)66(70)60-58-56-54-52-50-48-46-44-42-27-25-23-21-19-17-15-13-11-9-7-2/h65-66,70H,6-64H2,1-5H3,(H-,68,71,72,73)/p+1. The molecule has 0 aliphatic carbocycles. The van der Waals surface area contributed by atoms with Crippen molar-refractivity contribution < 1.29 is 32.9 Å². The largest absolute Gasteiger partial charge is 0.472 e. The maximum absolute atomic E-state index is 13.1. The van der Waals surface area contributed by atoms with Crippen LogP contribution in [0.1, 0.15) is 373 Å². The molecule has 0 aliphatic rings. The van der Waals surface area contributed by atoms with Gasteiger partial charge in [-0.1, -0.05) is 354 Å². The molecule has 3 atom stereocenters. The molecule has 1 amide bonds. The summed E-state index contributed by atoms with van der Waals surface area (Å²) in [5, 5.41) is 14.1. The number of quaternary nitrogens is 1. The van der Waals surface area contributed by atoms with Crippen molar-refractivity contribution in [2.45, 2.75) is 386 Å². The van der Waals surface area contributed by atoms with Crippen molar-refractivity contribution >= 4 is 13.7 Å². The molecule has 8 nitrogen and oxygen atoms in total. The van der Waals surface area contributed by atoms with Crippen LogP contribution in [0.5, 0.6) is 0 Å². The van der Waals surface area contributed by atoms with Crippen molar-refractivity contribution in [1.29, 1.82) is 0 Å². The molecule has 456 valence electrons. The van der Waals surface area contributed by atoms with Crippen molar-refractivity contribution in [2.75, 3.05) is 40.9 Å². The zero-order valence-electron chi connectivity index (χ0n) is 52.3. The summed E-state index contributed by atoms with van der Waals surface area (Å²) in [6.07, 6.45) is 73.5. The number of likely N-dealkylation sites (N-methyl/N-ethyl adjacent to an activating group) is 1. The minimum atomic E-state index is -4.32. The van der Waals surface area contributed by atoms with Gasteiger partial charge in [0, 0.05) is 6.42 Å². The van der Waals surface area contributed by atoms with Gasteiger partial charge in [-0.3, -0.25) is 13.8 Å². The number of rotatable bonds is 65. The smallest absolute Gasteiger partial charge is 0.391 e. The third-order valence-electron chi connectivity index (χ3n) is 16.4. The number of phosphoric acid groups is 1. The van der Waals surface area contributed by atoms with E-state index in [1.54, 1.807) is 0 Å². The molecule has 0 saturated heterocycles. The summed E-state index contributed by atoms with van der Waals surface area (Å²) in [6, 6.07) is -0.756. The number of hydrogen-bond acceptors (Lipinski definition) is 5. The van der Waals surface area contributed by atoms with E-state index in [4.69, 9.17) is 9.05 Å². The van der Waals surface area contributed by atoms with Crippen LogP contribution in [-0.2, 0) is 18.4 Å². The molecule has 0 bridgehead atoms. The third-order valence-corrected chi connectivity index (χ3v) is 17.3. The van der Waals surface area contributed by atoms with E-state index in [0.717, 1.165) is 38.5 Å². The lowest BCUT2D eigenvalue weighted by Gasteiger charge is -2.26. The maximum atomic E-state index is 13.1. The lowest BCUT2D eigenvalue weighted by Crippen LogP contribution is -2.46. The second-order valence-electron chi connectivity index (χ2n) is 25.3. The van der Waals surface area contributed by atoms with Gasteiger partial charge in [0.05, 0.1) is 39.9 Å². The van der Waals surface area contributed by atoms with Crippen molar-refractivity contribution in [1.82, 2.24) is 5.32 Å². The molecule has 3 N–H and O–H groups in total. The Morgan fingerprint density at radius 2 is 0.632 bits per heavy atom. The highest BCUT2D eigenvalue weighted by molar-refractivity contribution is 7.47. The number of phosphoric ester groups is 1. The van der Waals surface area contributed by atoms with Gasteiger partial charge < -0.3 is 19.8 Å². The Bertz CT molecular complexity index is 1200. The van der Waals surface area contributed by atoms with Crippen molar-refractivity contribution in [3.8, 4) is 0 Å². The van der Waals surface area contributed by atoms with E-state index >= 15 is 0 Å². The quantitative estimate of drug-likeness (QED) is 0.0318. The normalized spacial score (nSPS) is 13.6. The van der Waals surface area contributed by atoms with Crippen LogP contribution in [0.2, 0.25) is 0 Å². The highest BCUT2D eigenvalue weighted by Crippen LogP contribution is 2.43. The molecule has 0 aromatic carbocycles. The SMILES string of the molecule is CCCCCCCCCCCCCCCCCCCCCCCCCCCCCCCCCCCCC(=O)NC(COP(=O)(O)OCC[N+](C)(C)C)C(O)CCCCCCCCCCCCCCCCCCCCCC. The van der Waals surface area contributed by atoms with E-state index in [-0.39, 0.29) is 19.1 Å². The number of amides is 1. The molecule has 0 aromatic heterocycles. The molecule has 0 aliphatic heterocycles. The number of carbonyl (C=O) groups is 1. The van der Waals surface area contributed by atoms with E-state index in [1.807, 2.05) is 21.1 Å². The van der Waals surface area contributed by atoms with Gasteiger partial charge in [0.25, 0.3) is 0 Å². The molecule has 76 heavy (non-hydrogen) atoms. The Hall–Kier alpha value is -0.500. The molecule has 0 saturated carbocycles. The van der Waals surface area contributed by atoms with Gasteiger partial charge in [-0.05, 0) is 12.8 Å². The van der Waals surface area contributed by atoms with E-state index in [2.05, 4.69) is 19.2 Å². The predicted molar refractivity (Wildman–Crippen MR) is 332 cm³/mol. The summed E-state index contributed by atoms with van der Waals surface area (Å²) >= 11 is 0. The average molecular weight is 1100 g/mol. The van der Waals surface area contributed by atoms with E-state index < -0.39 is 20.0 Å². The predicted octanol–water partition coefficient (Wildman–Crippen LogP) is 21.6. The minimum Gasteiger partial charge on any atom is -0.391 e. The average Bonchev–Trinajstić information content (AvgIpc) is 3.38. The summed E-state index contributed by atoms with van der Waals surface area (Å²) in [7, 11) is 1.64. The number of carbonyl (C=O) groups excluding carboxylic acids is 1. The Morgan fingerprint density at radius 1 is 0.395 bits per heavy atom. The zero-order valence-corrected chi connectivity index (χ0v) is 53.2. The van der Waals surface area contributed by atoms with E-state index in [0.29, 0.717) is 23.9 Å². The van der Waals surface area contributed by atoms with Gasteiger partial charge in [-0.15, -0.1) is 0 Å². The first-order chi connectivity index (χ1) is 37.0. The lowest BCUT2D eigenvalue weighted by molar-refractivity contribution is -0.870. The number of hydrogen-bond donors (Lipinski definition) is 3. The topological polar surface area (TPSA) is 105 Å². The van der Waals surface area contributed by atoms with Gasteiger partial charge in [-0.2, -0.15) is 0 Å². The van der Waals surface area contributed by atoms with Crippen LogP contribution in [0.25, 0.3) is 0 Å². The maximum Gasteiger partial charge on any atom is 0.472 e. The van der Waals surface area contributed by atoms with Crippen LogP contribution in [0.3, 0.4) is 0 Å². The van der Waals surface area contributed by atoms with Crippen molar-refractivity contribution in [3.63, 3.8) is 0 Å². The van der Waals surface area contributed by atoms with E-state index in [9.17, 15) is 19.4 Å². The fourth-order valence-corrected chi connectivity index (χ4v) is 11.7. The lowest BCUT2D eigenvalue weighted by atomic mass is 10.0. The Balaban J connectivity index is 3.93. The van der Waals surface area contributed by atoms with Crippen LogP contribution in [0, 0.1) is 0 Å². The van der Waals surface area contributed by atoms with Gasteiger partial charge in [0.2, 0.25) is 5.91 Å². The molecule has 0 heterocycles. The summed E-state index contributed by atoms with van der Waals surface area (Å²) in [4.78, 5) is 23.4. The van der Waals surface area contributed by atoms with Gasteiger partial charge >= 0.3 is 7.82 Å². The molecule has 9 heteroatoms. The number of nitrogens with zero attached hydrogens (tertiary/aromatic N) is 1. The van der Waals surface area contributed by atoms with Crippen LogP contribution >= 0.6 is 7.82 Å².